The standard InChI is InChI=1S/C23H27NO5/c1-13-20(28-12-21(26)24-14-6-7-15(24)11-16(25)10-14)9-8-18-17-4-2-3-5-19(17)23(27)29-22(13)18/h8-9,14-16,25H,2-7,10-12H2,1H3/t14-,15+,16?. The molecule has 2 aromatic rings. The smallest absolute Gasteiger partial charge is 0.339 e. The second kappa shape index (κ2) is 7.17. The van der Waals surface area contributed by atoms with E-state index in [2.05, 4.69) is 0 Å². The lowest BCUT2D eigenvalue weighted by Crippen LogP contribution is -2.49. The minimum absolute atomic E-state index is 0.0317. The first-order valence-corrected chi connectivity index (χ1v) is 10.7. The Morgan fingerprint density at radius 2 is 1.86 bits per heavy atom. The number of fused-ring (bicyclic) bond motifs is 5. The van der Waals surface area contributed by atoms with E-state index in [0.717, 1.165) is 60.6 Å². The van der Waals surface area contributed by atoms with Gasteiger partial charge in [-0.05, 0) is 76.0 Å². The summed E-state index contributed by atoms with van der Waals surface area (Å²) in [6.45, 7) is 1.84. The van der Waals surface area contributed by atoms with Crippen molar-refractivity contribution in [2.45, 2.75) is 76.5 Å². The van der Waals surface area contributed by atoms with Gasteiger partial charge in [0.15, 0.2) is 6.61 Å². The van der Waals surface area contributed by atoms with Crippen LogP contribution in [0.2, 0.25) is 0 Å². The number of aliphatic hydroxyl groups is 1. The molecule has 1 unspecified atom stereocenters. The molecule has 3 aliphatic rings. The Kier molecular flexibility index (Phi) is 4.62. The maximum atomic E-state index is 12.8. The van der Waals surface area contributed by atoms with Gasteiger partial charge in [0.2, 0.25) is 0 Å². The summed E-state index contributed by atoms with van der Waals surface area (Å²) in [5, 5.41) is 10.9. The van der Waals surface area contributed by atoms with Crippen molar-refractivity contribution < 1.29 is 19.1 Å². The quantitative estimate of drug-likeness (QED) is 0.806. The molecule has 2 saturated heterocycles. The van der Waals surface area contributed by atoms with Crippen LogP contribution in [0.25, 0.3) is 11.0 Å². The molecular formula is C23H27NO5. The largest absolute Gasteiger partial charge is 0.483 e. The normalized spacial score (nSPS) is 25.9. The Bertz CT molecular complexity index is 1010. The summed E-state index contributed by atoms with van der Waals surface area (Å²) >= 11 is 0. The third-order valence-electron chi connectivity index (χ3n) is 6.94. The van der Waals surface area contributed by atoms with Crippen LogP contribution in [0.5, 0.6) is 5.75 Å². The Labute approximate surface area is 169 Å². The van der Waals surface area contributed by atoms with Crippen molar-refractivity contribution >= 4 is 16.9 Å². The molecular weight excluding hydrogens is 370 g/mol. The molecule has 0 saturated carbocycles. The van der Waals surface area contributed by atoms with Crippen LogP contribution in [0.3, 0.4) is 0 Å². The summed E-state index contributed by atoms with van der Waals surface area (Å²) in [4.78, 5) is 27.2. The Hall–Kier alpha value is -2.34. The summed E-state index contributed by atoms with van der Waals surface area (Å²) < 4.78 is 11.5. The second-order valence-electron chi connectivity index (χ2n) is 8.72. The fourth-order valence-corrected chi connectivity index (χ4v) is 5.55. The van der Waals surface area contributed by atoms with Crippen molar-refractivity contribution in [1.29, 1.82) is 0 Å². The van der Waals surface area contributed by atoms with Gasteiger partial charge in [0, 0.05) is 28.6 Å². The maximum Gasteiger partial charge on any atom is 0.339 e. The molecule has 6 heteroatoms. The molecule has 1 aromatic heterocycles. The number of nitrogens with zero attached hydrogens (tertiary/aromatic N) is 1. The molecule has 1 amide bonds. The highest BCUT2D eigenvalue weighted by atomic mass is 16.5. The van der Waals surface area contributed by atoms with Gasteiger partial charge >= 0.3 is 5.63 Å². The van der Waals surface area contributed by atoms with E-state index in [9.17, 15) is 14.7 Å². The van der Waals surface area contributed by atoms with Crippen molar-refractivity contribution in [3.05, 3.63) is 39.2 Å². The van der Waals surface area contributed by atoms with E-state index in [0.29, 0.717) is 24.2 Å². The van der Waals surface area contributed by atoms with E-state index >= 15 is 0 Å². The molecule has 2 fully saturated rings. The molecule has 1 aromatic carbocycles. The minimum Gasteiger partial charge on any atom is -0.483 e. The average Bonchev–Trinajstić information content (AvgIpc) is 2.99. The monoisotopic (exact) mass is 397 g/mol. The van der Waals surface area contributed by atoms with Crippen LogP contribution in [0.15, 0.2) is 21.3 Å². The van der Waals surface area contributed by atoms with Crippen molar-refractivity contribution in [3.8, 4) is 5.75 Å². The summed E-state index contributed by atoms with van der Waals surface area (Å²) in [6.07, 6.45) is 6.74. The number of piperidine rings is 1. The van der Waals surface area contributed by atoms with Gasteiger partial charge in [-0.1, -0.05) is 0 Å². The van der Waals surface area contributed by atoms with Crippen LogP contribution in [-0.2, 0) is 17.6 Å². The van der Waals surface area contributed by atoms with Crippen LogP contribution in [0, 0.1) is 6.92 Å². The van der Waals surface area contributed by atoms with Crippen molar-refractivity contribution in [2.75, 3.05) is 6.61 Å². The Morgan fingerprint density at radius 1 is 1.17 bits per heavy atom. The number of aliphatic hydroxyl groups excluding tert-OH is 1. The van der Waals surface area contributed by atoms with E-state index in [1.165, 1.54) is 0 Å². The number of carbonyl (C=O) groups excluding carboxylic acids is 1. The fourth-order valence-electron chi connectivity index (χ4n) is 5.55. The van der Waals surface area contributed by atoms with Crippen molar-refractivity contribution in [3.63, 3.8) is 0 Å². The lowest BCUT2D eigenvalue weighted by molar-refractivity contribution is -0.139. The molecule has 6 nitrogen and oxygen atoms in total. The number of aryl methyl sites for hydroxylation is 2. The molecule has 3 heterocycles. The van der Waals surface area contributed by atoms with Gasteiger partial charge in [0.1, 0.15) is 11.3 Å². The number of hydrogen-bond donors (Lipinski definition) is 1. The fraction of sp³-hybridized carbons (Fsp3) is 0.565. The summed E-state index contributed by atoms with van der Waals surface area (Å²) in [5.74, 6) is 0.546. The topological polar surface area (TPSA) is 80.0 Å². The highest BCUT2D eigenvalue weighted by Gasteiger charge is 2.42. The van der Waals surface area contributed by atoms with Gasteiger partial charge in [-0.3, -0.25) is 4.79 Å². The van der Waals surface area contributed by atoms with Crippen LogP contribution in [0.1, 0.15) is 55.2 Å². The van der Waals surface area contributed by atoms with E-state index in [1.54, 1.807) is 0 Å². The van der Waals surface area contributed by atoms with Crippen LogP contribution >= 0.6 is 0 Å². The van der Waals surface area contributed by atoms with Gasteiger partial charge in [0.25, 0.3) is 5.91 Å². The molecule has 2 aliphatic heterocycles. The maximum absolute atomic E-state index is 12.8. The highest BCUT2D eigenvalue weighted by Crippen LogP contribution is 2.36. The highest BCUT2D eigenvalue weighted by molar-refractivity contribution is 5.86. The molecule has 2 bridgehead atoms. The number of amides is 1. The zero-order valence-electron chi connectivity index (χ0n) is 16.8. The second-order valence-corrected chi connectivity index (χ2v) is 8.72. The van der Waals surface area contributed by atoms with Gasteiger partial charge in [0.05, 0.1) is 6.10 Å². The summed E-state index contributed by atoms with van der Waals surface area (Å²) in [7, 11) is 0. The SMILES string of the molecule is Cc1c(OCC(=O)N2[C@@H]3CC[C@H]2CC(O)C3)ccc2c3c(c(=O)oc12)CCCC3. The van der Waals surface area contributed by atoms with Gasteiger partial charge < -0.3 is 19.2 Å². The van der Waals surface area contributed by atoms with E-state index < -0.39 is 0 Å². The lowest BCUT2D eigenvalue weighted by atomic mass is 9.90. The number of benzene rings is 1. The molecule has 1 N–H and O–H groups in total. The molecule has 154 valence electrons. The zero-order valence-corrected chi connectivity index (χ0v) is 16.8. The predicted octanol–water partition coefficient (Wildman–Crippen LogP) is 2.87. The van der Waals surface area contributed by atoms with Crippen LogP contribution < -0.4 is 10.4 Å². The average molecular weight is 397 g/mol. The molecule has 0 radical (unpaired) electrons. The summed E-state index contributed by atoms with van der Waals surface area (Å²) in [5.41, 5.74) is 3.01. The molecule has 0 spiro atoms. The zero-order chi connectivity index (χ0) is 20.1. The van der Waals surface area contributed by atoms with Gasteiger partial charge in [-0.15, -0.1) is 0 Å². The number of ether oxygens (including phenoxy) is 1. The lowest BCUT2D eigenvalue weighted by Gasteiger charge is -2.37. The van der Waals surface area contributed by atoms with E-state index in [1.807, 2.05) is 24.0 Å². The van der Waals surface area contributed by atoms with Gasteiger partial charge in [-0.25, -0.2) is 4.79 Å². The summed E-state index contributed by atoms with van der Waals surface area (Å²) in [6, 6.07) is 4.09. The first-order chi connectivity index (χ1) is 14.0. The first kappa shape index (κ1) is 18.7. The Balaban J connectivity index is 1.38. The van der Waals surface area contributed by atoms with E-state index in [-0.39, 0.29) is 36.3 Å². The van der Waals surface area contributed by atoms with Crippen LogP contribution in [0.4, 0.5) is 0 Å². The number of carbonyl (C=O) groups is 1. The third kappa shape index (κ3) is 3.14. The van der Waals surface area contributed by atoms with E-state index in [4.69, 9.17) is 9.15 Å². The molecule has 1 aliphatic carbocycles. The number of hydrogen-bond acceptors (Lipinski definition) is 5. The minimum atomic E-state index is -0.297. The van der Waals surface area contributed by atoms with Crippen molar-refractivity contribution in [2.24, 2.45) is 0 Å². The molecule has 3 atom stereocenters. The van der Waals surface area contributed by atoms with Gasteiger partial charge in [-0.2, -0.15) is 0 Å². The number of rotatable bonds is 3. The Morgan fingerprint density at radius 3 is 2.59 bits per heavy atom. The third-order valence-corrected chi connectivity index (χ3v) is 6.94. The molecule has 29 heavy (non-hydrogen) atoms. The van der Waals surface area contributed by atoms with Crippen LogP contribution in [-0.4, -0.2) is 40.7 Å². The first-order valence-electron chi connectivity index (χ1n) is 10.7. The predicted molar refractivity (Wildman–Crippen MR) is 108 cm³/mol. The molecule has 5 rings (SSSR count). The van der Waals surface area contributed by atoms with Crippen molar-refractivity contribution in [1.82, 2.24) is 4.90 Å².